The normalized spacial score (nSPS) is 18.4. The van der Waals surface area contributed by atoms with Crippen molar-refractivity contribution < 1.29 is 4.79 Å². The summed E-state index contributed by atoms with van der Waals surface area (Å²) < 4.78 is 0. The van der Waals surface area contributed by atoms with Crippen molar-refractivity contribution in [3.05, 3.63) is 81.0 Å². The third kappa shape index (κ3) is 2.74. The number of aromatic nitrogens is 4. The fourth-order valence-electron chi connectivity index (χ4n) is 4.37. The van der Waals surface area contributed by atoms with Crippen LogP contribution in [0.2, 0.25) is 0 Å². The van der Waals surface area contributed by atoms with Gasteiger partial charge in [-0.3, -0.25) is 14.6 Å². The molecule has 0 aromatic carbocycles. The van der Waals surface area contributed by atoms with Crippen molar-refractivity contribution >= 4 is 5.91 Å². The first-order valence-corrected chi connectivity index (χ1v) is 9.70. The Kier molecular flexibility index (Phi) is 4.07. The second kappa shape index (κ2) is 6.74. The molecule has 0 bridgehead atoms. The average molecular weight is 375 g/mol. The summed E-state index contributed by atoms with van der Waals surface area (Å²) >= 11 is 0. The number of hydrogen-bond acceptors (Lipinski definition) is 4. The van der Waals surface area contributed by atoms with E-state index in [1.54, 1.807) is 29.7 Å². The van der Waals surface area contributed by atoms with Crippen LogP contribution in [0.15, 0.2) is 41.7 Å². The number of imidazole rings is 1. The van der Waals surface area contributed by atoms with Crippen LogP contribution in [0.4, 0.5) is 0 Å². The van der Waals surface area contributed by atoms with Crippen LogP contribution >= 0.6 is 0 Å². The number of nitrogens with one attached hydrogen (secondary N) is 2. The van der Waals surface area contributed by atoms with Gasteiger partial charge in [0.2, 0.25) is 0 Å². The predicted octanol–water partition coefficient (Wildman–Crippen LogP) is 2.16. The quantitative estimate of drug-likeness (QED) is 0.718. The minimum Gasteiger partial charge on any atom is -0.348 e. The maximum atomic E-state index is 13.5. The van der Waals surface area contributed by atoms with Crippen molar-refractivity contribution in [3.63, 3.8) is 0 Å². The zero-order valence-electron chi connectivity index (χ0n) is 15.4. The van der Waals surface area contributed by atoms with Gasteiger partial charge in [0.25, 0.3) is 11.5 Å². The average Bonchev–Trinajstić information content (AvgIpc) is 3.21. The predicted molar refractivity (Wildman–Crippen MR) is 103 cm³/mol. The third-order valence-electron chi connectivity index (χ3n) is 5.78. The van der Waals surface area contributed by atoms with Crippen molar-refractivity contribution in [2.24, 2.45) is 0 Å². The Morgan fingerprint density at radius 2 is 1.93 bits per heavy atom. The first-order valence-electron chi connectivity index (χ1n) is 9.70. The largest absolute Gasteiger partial charge is 0.348 e. The van der Waals surface area contributed by atoms with E-state index in [1.165, 1.54) is 0 Å². The van der Waals surface area contributed by atoms with E-state index in [0.717, 1.165) is 53.9 Å². The van der Waals surface area contributed by atoms with Crippen molar-refractivity contribution in [2.75, 3.05) is 6.54 Å². The van der Waals surface area contributed by atoms with Crippen LogP contribution in [0.3, 0.4) is 0 Å². The molecule has 0 saturated heterocycles. The minimum absolute atomic E-state index is 0.221. The van der Waals surface area contributed by atoms with Gasteiger partial charge in [-0.25, -0.2) is 4.98 Å². The number of pyridine rings is 2. The lowest BCUT2D eigenvalue weighted by Crippen LogP contribution is -2.42. The number of nitrogens with zero attached hydrogens (tertiary/aromatic N) is 3. The standard InChI is InChI=1S/C21H21N5O2/c27-20-15(11-14-3-1-2-4-16(14)25-20)21(28)26-10-7-17-18(24-12-23-17)19(26)13-5-8-22-9-6-13/h5-6,8-9,11-12,19H,1-4,7,10H2,(H,23,24)(H,25,27). The molecule has 1 atom stereocenters. The molecule has 5 rings (SSSR count). The van der Waals surface area contributed by atoms with Crippen molar-refractivity contribution in [3.8, 4) is 0 Å². The highest BCUT2D eigenvalue weighted by Crippen LogP contribution is 2.34. The second-order valence-electron chi connectivity index (χ2n) is 7.42. The summed E-state index contributed by atoms with van der Waals surface area (Å²) in [6.45, 7) is 0.525. The number of hydrogen-bond donors (Lipinski definition) is 2. The first kappa shape index (κ1) is 16.9. The SMILES string of the molecule is O=C(c1cc2c([nH]c1=O)CCCC2)N1CCc2[nH]cnc2C1c1ccncc1. The molecule has 3 aromatic heterocycles. The van der Waals surface area contributed by atoms with Crippen LogP contribution in [0.25, 0.3) is 0 Å². The van der Waals surface area contributed by atoms with Gasteiger partial charge in [0.1, 0.15) is 11.6 Å². The van der Waals surface area contributed by atoms with Gasteiger partial charge in [0, 0.05) is 36.7 Å². The number of rotatable bonds is 2. The Hall–Kier alpha value is -3.22. The van der Waals surface area contributed by atoms with Crippen LogP contribution < -0.4 is 5.56 Å². The molecule has 0 fully saturated rings. The Balaban J connectivity index is 1.58. The van der Waals surface area contributed by atoms with Gasteiger partial charge >= 0.3 is 0 Å². The highest BCUT2D eigenvalue weighted by molar-refractivity contribution is 5.94. The maximum Gasteiger partial charge on any atom is 0.261 e. The zero-order valence-corrected chi connectivity index (χ0v) is 15.4. The Morgan fingerprint density at radius 1 is 1.11 bits per heavy atom. The Bertz CT molecular complexity index is 1090. The molecule has 4 heterocycles. The van der Waals surface area contributed by atoms with E-state index in [-0.39, 0.29) is 23.1 Å². The highest BCUT2D eigenvalue weighted by atomic mass is 16.2. The van der Waals surface area contributed by atoms with E-state index in [4.69, 9.17) is 0 Å². The van der Waals surface area contributed by atoms with Crippen molar-refractivity contribution in [1.29, 1.82) is 0 Å². The fraction of sp³-hybridized carbons (Fsp3) is 0.333. The van der Waals surface area contributed by atoms with Gasteiger partial charge < -0.3 is 14.9 Å². The molecule has 0 saturated carbocycles. The highest BCUT2D eigenvalue weighted by Gasteiger charge is 2.35. The molecular weight excluding hydrogens is 354 g/mol. The molecule has 2 aliphatic rings. The van der Waals surface area contributed by atoms with Crippen LogP contribution in [0.1, 0.15) is 57.5 Å². The molecule has 7 nitrogen and oxygen atoms in total. The van der Waals surface area contributed by atoms with Gasteiger partial charge in [-0.05, 0) is 55.0 Å². The summed E-state index contributed by atoms with van der Waals surface area (Å²) in [5.41, 5.74) is 4.79. The molecule has 0 radical (unpaired) electrons. The van der Waals surface area contributed by atoms with Crippen molar-refractivity contribution in [2.45, 2.75) is 38.1 Å². The topological polar surface area (TPSA) is 94.7 Å². The third-order valence-corrected chi connectivity index (χ3v) is 5.78. The van der Waals surface area contributed by atoms with Crippen LogP contribution in [-0.2, 0) is 19.3 Å². The van der Waals surface area contributed by atoms with Gasteiger partial charge in [0.05, 0.1) is 12.0 Å². The van der Waals surface area contributed by atoms with E-state index in [0.29, 0.717) is 13.0 Å². The number of fused-ring (bicyclic) bond motifs is 2. The molecule has 1 aliphatic carbocycles. The van der Waals surface area contributed by atoms with E-state index in [9.17, 15) is 9.59 Å². The number of carbonyl (C=O) groups is 1. The second-order valence-corrected chi connectivity index (χ2v) is 7.42. The lowest BCUT2D eigenvalue weighted by Gasteiger charge is -2.35. The molecule has 28 heavy (non-hydrogen) atoms. The number of carbonyl (C=O) groups excluding carboxylic acids is 1. The molecule has 2 N–H and O–H groups in total. The van der Waals surface area contributed by atoms with E-state index in [2.05, 4.69) is 19.9 Å². The smallest absolute Gasteiger partial charge is 0.261 e. The van der Waals surface area contributed by atoms with E-state index >= 15 is 0 Å². The summed E-state index contributed by atoms with van der Waals surface area (Å²) in [7, 11) is 0. The Labute approximate surface area is 161 Å². The lowest BCUT2D eigenvalue weighted by atomic mass is 9.93. The number of H-pyrrole nitrogens is 2. The molecule has 3 aromatic rings. The molecule has 7 heteroatoms. The summed E-state index contributed by atoms with van der Waals surface area (Å²) in [4.78, 5) is 42.6. The summed E-state index contributed by atoms with van der Waals surface area (Å²) in [6.07, 6.45) is 9.73. The van der Waals surface area contributed by atoms with E-state index < -0.39 is 0 Å². The summed E-state index contributed by atoms with van der Waals surface area (Å²) in [5, 5.41) is 0. The first-order chi connectivity index (χ1) is 13.7. The molecular formula is C21H21N5O2. The van der Waals surface area contributed by atoms with Crippen LogP contribution in [0.5, 0.6) is 0 Å². The van der Waals surface area contributed by atoms with Gasteiger partial charge in [-0.15, -0.1) is 0 Å². The van der Waals surface area contributed by atoms with Crippen LogP contribution in [-0.4, -0.2) is 37.3 Å². The van der Waals surface area contributed by atoms with Crippen LogP contribution in [0, 0.1) is 0 Å². The minimum atomic E-state index is -0.332. The van der Waals surface area contributed by atoms with Crippen molar-refractivity contribution in [1.82, 2.24) is 24.8 Å². The Morgan fingerprint density at radius 3 is 2.79 bits per heavy atom. The maximum absolute atomic E-state index is 13.5. The zero-order chi connectivity index (χ0) is 19.1. The lowest BCUT2D eigenvalue weighted by molar-refractivity contribution is 0.0688. The van der Waals surface area contributed by atoms with Gasteiger partial charge in [0.15, 0.2) is 0 Å². The van der Waals surface area contributed by atoms with E-state index in [1.807, 2.05) is 12.1 Å². The molecule has 1 amide bonds. The monoisotopic (exact) mass is 375 g/mol. The molecule has 1 unspecified atom stereocenters. The number of aryl methyl sites for hydroxylation is 2. The molecule has 142 valence electrons. The number of amides is 1. The van der Waals surface area contributed by atoms with Gasteiger partial charge in [-0.2, -0.15) is 0 Å². The molecule has 0 spiro atoms. The fourth-order valence-corrected chi connectivity index (χ4v) is 4.37. The van der Waals surface area contributed by atoms with Gasteiger partial charge in [-0.1, -0.05) is 0 Å². The molecule has 1 aliphatic heterocycles. The summed E-state index contributed by atoms with van der Waals surface area (Å²) in [6, 6.07) is 5.26. The number of aromatic amines is 2. The summed E-state index contributed by atoms with van der Waals surface area (Å²) in [5.74, 6) is -0.245.